The van der Waals surface area contributed by atoms with Crippen molar-refractivity contribution in [1.82, 2.24) is 5.32 Å². The normalized spacial score (nSPS) is 25.9. The number of aliphatic carboxylic acids is 1. The van der Waals surface area contributed by atoms with E-state index in [-0.39, 0.29) is 5.91 Å². The minimum Gasteiger partial charge on any atom is -0.480 e. The Morgan fingerprint density at radius 3 is 2.56 bits per heavy atom. The number of allylic oxidation sites excluding steroid dienone is 2. The van der Waals surface area contributed by atoms with E-state index in [9.17, 15) is 14.7 Å². The summed E-state index contributed by atoms with van der Waals surface area (Å²) in [5, 5.41) is 12.2. The lowest BCUT2D eigenvalue weighted by Crippen LogP contribution is -2.55. The third kappa shape index (κ3) is 2.92. The van der Waals surface area contributed by atoms with Gasteiger partial charge in [0.05, 0.1) is 0 Å². The molecule has 2 rings (SSSR count). The Bertz CT molecular complexity index is 356. The Morgan fingerprint density at radius 1 is 1.28 bits per heavy atom. The van der Waals surface area contributed by atoms with Gasteiger partial charge in [0, 0.05) is 6.42 Å². The molecule has 4 heteroatoms. The summed E-state index contributed by atoms with van der Waals surface area (Å²) in [5.41, 5.74) is -1.00. The number of carboxylic acids is 1. The van der Waals surface area contributed by atoms with Crippen LogP contribution < -0.4 is 5.32 Å². The van der Waals surface area contributed by atoms with E-state index in [2.05, 4.69) is 17.5 Å². The van der Waals surface area contributed by atoms with Crippen LogP contribution in [0.2, 0.25) is 0 Å². The van der Waals surface area contributed by atoms with Crippen molar-refractivity contribution in [3.8, 4) is 0 Å². The second-order valence-corrected chi connectivity index (χ2v) is 5.47. The van der Waals surface area contributed by atoms with Gasteiger partial charge in [-0.3, -0.25) is 4.79 Å². The van der Waals surface area contributed by atoms with Crippen molar-refractivity contribution in [3.05, 3.63) is 12.2 Å². The van der Waals surface area contributed by atoms with Crippen LogP contribution in [0.15, 0.2) is 12.2 Å². The molecule has 1 unspecified atom stereocenters. The van der Waals surface area contributed by atoms with Crippen LogP contribution in [0.1, 0.15) is 51.4 Å². The number of amides is 1. The molecule has 0 aromatic carbocycles. The first kappa shape index (κ1) is 13.1. The van der Waals surface area contributed by atoms with Gasteiger partial charge < -0.3 is 10.4 Å². The smallest absolute Gasteiger partial charge is 0.329 e. The summed E-state index contributed by atoms with van der Waals surface area (Å²) in [6.07, 6.45) is 10.6. The van der Waals surface area contributed by atoms with Crippen LogP contribution >= 0.6 is 0 Å². The standard InChI is InChI=1S/C14H21NO3/c16-12(10-11-6-2-3-7-11)15-14(13(17)18)8-4-1-5-9-14/h2,6,11H,1,3-5,7-10H2,(H,15,16)(H,17,18). The van der Waals surface area contributed by atoms with E-state index >= 15 is 0 Å². The Kier molecular flexibility index (Phi) is 4.04. The van der Waals surface area contributed by atoms with Crippen LogP contribution in [-0.4, -0.2) is 22.5 Å². The highest BCUT2D eigenvalue weighted by atomic mass is 16.4. The number of carbonyl (C=O) groups excluding carboxylic acids is 1. The van der Waals surface area contributed by atoms with Gasteiger partial charge in [0.1, 0.15) is 5.54 Å². The lowest BCUT2D eigenvalue weighted by Gasteiger charge is -2.34. The fourth-order valence-electron chi connectivity index (χ4n) is 2.97. The second kappa shape index (κ2) is 5.55. The second-order valence-electron chi connectivity index (χ2n) is 5.47. The van der Waals surface area contributed by atoms with Gasteiger partial charge in [0.15, 0.2) is 0 Å². The van der Waals surface area contributed by atoms with Crippen LogP contribution in [-0.2, 0) is 9.59 Å². The fraction of sp³-hybridized carbons (Fsp3) is 0.714. The molecular weight excluding hydrogens is 230 g/mol. The van der Waals surface area contributed by atoms with Crippen molar-refractivity contribution < 1.29 is 14.7 Å². The number of carbonyl (C=O) groups is 2. The molecule has 2 N–H and O–H groups in total. The first-order valence-electron chi connectivity index (χ1n) is 6.83. The topological polar surface area (TPSA) is 66.4 Å². The van der Waals surface area contributed by atoms with Gasteiger partial charge in [-0.1, -0.05) is 31.4 Å². The molecule has 0 radical (unpaired) electrons. The third-order valence-electron chi connectivity index (χ3n) is 4.06. The number of hydrogen-bond acceptors (Lipinski definition) is 2. The summed E-state index contributed by atoms with van der Waals surface area (Å²) < 4.78 is 0. The van der Waals surface area contributed by atoms with Gasteiger partial charge >= 0.3 is 5.97 Å². The Hall–Kier alpha value is -1.32. The predicted molar refractivity (Wildman–Crippen MR) is 68.1 cm³/mol. The lowest BCUT2D eigenvalue weighted by atomic mass is 9.81. The summed E-state index contributed by atoms with van der Waals surface area (Å²) in [7, 11) is 0. The Morgan fingerprint density at radius 2 is 2.00 bits per heavy atom. The molecule has 0 bridgehead atoms. The highest BCUT2D eigenvalue weighted by Crippen LogP contribution is 2.29. The SMILES string of the molecule is O=C(CC1C=CCC1)NC1(C(=O)O)CCCCC1. The molecule has 18 heavy (non-hydrogen) atoms. The first-order valence-corrected chi connectivity index (χ1v) is 6.83. The predicted octanol–water partition coefficient (Wildman–Crippen LogP) is 2.25. The van der Waals surface area contributed by atoms with Crippen LogP contribution in [0.25, 0.3) is 0 Å². The molecule has 0 heterocycles. The number of nitrogens with one attached hydrogen (secondary N) is 1. The molecule has 0 aliphatic heterocycles. The molecular formula is C14H21NO3. The molecule has 0 aromatic rings. The minimum atomic E-state index is -1.00. The van der Waals surface area contributed by atoms with Crippen molar-refractivity contribution in [1.29, 1.82) is 0 Å². The van der Waals surface area contributed by atoms with E-state index in [1.165, 1.54) is 0 Å². The van der Waals surface area contributed by atoms with Crippen LogP contribution in [0.5, 0.6) is 0 Å². The van der Waals surface area contributed by atoms with Crippen LogP contribution in [0.3, 0.4) is 0 Å². The monoisotopic (exact) mass is 251 g/mol. The summed E-state index contributed by atoms with van der Waals surface area (Å²) in [6, 6.07) is 0. The van der Waals surface area contributed by atoms with E-state index in [4.69, 9.17) is 0 Å². The minimum absolute atomic E-state index is 0.115. The first-order chi connectivity index (χ1) is 8.62. The third-order valence-corrected chi connectivity index (χ3v) is 4.06. The van der Waals surface area contributed by atoms with E-state index < -0.39 is 11.5 Å². The van der Waals surface area contributed by atoms with Gasteiger partial charge in [-0.05, 0) is 31.6 Å². The Labute approximate surface area is 107 Å². The summed E-state index contributed by atoms with van der Waals surface area (Å²) in [6.45, 7) is 0. The molecule has 100 valence electrons. The van der Waals surface area contributed by atoms with Crippen molar-refractivity contribution in [2.45, 2.75) is 56.9 Å². The largest absolute Gasteiger partial charge is 0.480 e. The fourth-order valence-corrected chi connectivity index (χ4v) is 2.97. The maximum atomic E-state index is 12.0. The highest BCUT2D eigenvalue weighted by molar-refractivity contribution is 5.87. The van der Waals surface area contributed by atoms with Gasteiger partial charge in [0.25, 0.3) is 0 Å². The maximum absolute atomic E-state index is 12.0. The van der Waals surface area contributed by atoms with Gasteiger partial charge in [-0.2, -0.15) is 0 Å². The molecule has 1 atom stereocenters. The molecule has 1 amide bonds. The zero-order valence-electron chi connectivity index (χ0n) is 10.7. The molecule has 0 spiro atoms. The van der Waals surface area contributed by atoms with Crippen molar-refractivity contribution in [3.63, 3.8) is 0 Å². The van der Waals surface area contributed by atoms with Crippen molar-refractivity contribution in [2.24, 2.45) is 5.92 Å². The molecule has 0 saturated heterocycles. The zero-order valence-corrected chi connectivity index (χ0v) is 10.7. The average Bonchev–Trinajstić information content (AvgIpc) is 2.82. The maximum Gasteiger partial charge on any atom is 0.329 e. The molecule has 1 fully saturated rings. The number of rotatable bonds is 4. The van der Waals surface area contributed by atoms with Gasteiger partial charge in [0.2, 0.25) is 5.91 Å². The van der Waals surface area contributed by atoms with Gasteiger partial charge in [-0.15, -0.1) is 0 Å². The van der Waals surface area contributed by atoms with Crippen molar-refractivity contribution in [2.75, 3.05) is 0 Å². The molecule has 2 aliphatic carbocycles. The quantitative estimate of drug-likeness (QED) is 0.753. The van der Waals surface area contributed by atoms with Crippen LogP contribution in [0, 0.1) is 5.92 Å². The average molecular weight is 251 g/mol. The highest BCUT2D eigenvalue weighted by Gasteiger charge is 2.40. The van der Waals surface area contributed by atoms with Gasteiger partial charge in [-0.25, -0.2) is 4.79 Å². The molecule has 1 saturated carbocycles. The van der Waals surface area contributed by atoms with E-state index in [0.29, 0.717) is 25.2 Å². The zero-order chi connectivity index (χ0) is 13.0. The van der Waals surface area contributed by atoms with E-state index in [1.54, 1.807) is 0 Å². The molecule has 0 aromatic heterocycles. The van der Waals surface area contributed by atoms with E-state index in [0.717, 1.165) is 32.1 Å². The van der Waals surface area contributed by atoms with Crippen LogP contribution in [0.4, 0.5) is 0 Å². The van der Waals surface area contributed by atoms with E-state index in [1.807, 2.05) is 0 Å². The number of hydrogen-bond donors (Lipinski definition) is 2. The van der Waals surface area contributed by atoms with Crippen molar-refractivity contribution >= 4 is 11.9 Å². The summed E-state index contributed by atoms with van der Waals surface area (Å²) >= 11 is 0. The summed E-state index contributed by atoms with van der Waals surface area (Å²) in [5.74, 6) is -0.701. The number of carboxylic acid groups (broad SMARTS) is 1. The molecule has 2 aliphatic rings. The lowest BCUT2D eigenvalue weighted by molar-refractivity contribution is -0.149. The molecule has 4 nitrogen and oxygen atoms in total. The summed E-state index contributed by atoms with van der Waals surface area (Å²) in [4.78, 5) is 23.4. The Balaban J connectivity index is 1.93.